The number of anilines is 2. The summed E-state index contributed by atoms with van der Waals surface area (Å²) in [6.07, 6.45) is 3.15. The van der Waals surface area contributed by atoms with Crippen LogP contribution in [0.15, 0.2) is 60.8 Å². The fourth-order valence-electron chi connectivity index (χ4n) is 3.83. The molecule has 0 radical (unpaired) electrons. The molecule has 8 heteroatoms. The molecule has 3 aromatic rings. The van der Waals surface area contributed by atoms with Gasteiger partial charge in [0.25, 0.3) is 11.8 Å². The molecular formula is C24H22Cl2N4O2. The van der Waals surface area contributed by atoms with Gasteiger partial charge in [0.05, 0.1) is 16.3 Å². The number of amides is 2. The van der Waals surface area contributed by atoms with Crippen LogP contribution in [0.1, 0.15) is 45.0 Å². The van der Waals surface area contributed by atoms with E-state index in [0.29, 0.717) is 46.0 Å². The van der Waals surface area contributed by atoms with Gasteiger partial charge in [-0.15, -0.1) is 0 Å². The number of carbonyl (C=O) groups is 2. The molecule has 1 aliphatic heterocycles. The summed E-state index contributed by atoms with van der Waals surface area (Å²) in [4.78, 5) is 31.3. The fourth-order valence-corrected chi connectivity index (χ4v) is 4.10. The topological polar surface area (TPSA) is 88.3 Å². The number of benzene rings is 2. The second-order valence-corrected chi connectivity index (χ2v) is 8.55. The van der Waals surface area contributed by atoms with E-state index in [4.69, 9.17) is 28.9 Å². The minimum absolute atomic E-state index is 0.0823. The average Bonchev–Trinajstić information content (AvgIpc) is 2.81. The van der Waals surface area contributed by atoms with Gasteiger partial charge in [-0.2, -0.15) is 0 Å². The van der Waals surface area contributed by atoms with E-state index in [-0.39, 0.29) is 11.8 Å². The predicted molar refractivity (Wildman–Crippen MR) is 127 cm³/mol. The number of aromatic nitrogens is 1. The summed E-state index contributed by atoms with van der Waals surface area (Å²) < 4.78 is 0. The molecule has 32 heavy (non-hydrogen) atoms. The van der Waals surface area contributed by atoms with E-state index >= 15 is 0 Å². The predicted octanol–water partition coefficient (Wildman–Crippen LogP) is 5.24. The maximum Gasteiger partial charge on any atom is 0.257 e. The van der Waals surface area contributed by atoms with E-state index in [1.54, 1.807) is 24.3 Å². The molecular weight excluding hydrogens is 447 g/mol. The number of nitrogen functional groups attached to an aromatic ring is 1. The minimum atomic E-state index is -0.384. The van der Waals surface area contributed by atoms with Crippen LogP contribution in [-0.2, 0) is 0 Å². The summed E-state index contributed by atoms with van der Waals surface area (Å²) in [5, 5.41) is 3.39. The van der Waals surface area contributed by atoms with Crippen LogP contribution in [-0.4, -0.2) is 34.8 Å². The Morgan fingerprint density at radius 3 is 2.31 bits per heavy atom. The van der Waals surface area contributed by atoms with Crippen molar-refractivity contribution in [1.82, 2.24) is 9.88 Å². The molecule has 1 aromatic heterocycles. The average molecular weight is 469 g/mol. The van der Waals surface area contributed by atoms with E-state index in [1.807, 2.05) is 17.0 Å². The summed E-state index contributed by atoms with van der Waals surface area (Å²) in [6, 6.07) is 15.9. The van der Waals surface area contributed by atoms with Gasteiger partial charge in [0.1, 0.15) is 5.15 Å². The van der Waals surface area contributed by atoms with Crippen LogP contribution in [0, 0.1) is 0 Å². The number of carbonyl (C=O) groups excluding carboxylic acids is 2. The highest BCUT2D eigenvalue weighted by Crippen LogP contribution is 2.30. The van der Waals surface area contributed by atoms with Crippen molar-refractivity contribution >= 4 is 46.4 Å². The second kappa shape index (κ2) is 9.59. The third kappa shape index (κ3) is 5.03. The van der Waals surface area contributed by atoms with E-state index < -0.39 is 0 Å². The Bertz CT molecular complexity index is 1130. The number of nitrogens with zero attached hydrogens (tertiary/aromatic N) is 2. The smallest absolute Gasteiger partial charge is 0.257 e. The van der Waals surface area contributed by atoms with Crippen molar-refractivity contribution in [2.45, 2.75) is 18.8 Å². The summed E-state index contributed by atoms with van der Waals surface area (Å²) in [5.74, 6) is -0.0567. The van der Waals surface area contributed by atoms with Crippen molar-refractivity contribution < 1.29 is 9.59 Å². The van der Waals surface area contributed by atoms with Crippen LogP contribution < -0.4 is 11.1 Å². The van der Waals surface area contributed by atoms with E-state index in [0.717, 1.165) is 18.5 Å². The van der Waals surface area contributed by atoms with Crippen molar-refractivity contribution in [3.05, 3.63) is 87.7 Å². The molecule has 1 fully saturated rings. The van der Waals surface area contributed by atoms with Crippen LogP contribution in [0.2, 0.25) is 10.2 Å². The van der Waals surface area contributed by atoms with Crippen LogP contribution >= 0.6 is 23.2 Å². The highest BCUT2D eigenvalue weighted by Gasteiger charge is 2.25. The molecule has 0 unspecified atom stereocenters. The minimum Gasteiger partial charge on any atom is -0.399 e. The van der Waals surface area contributed by atoms with Gasteiger partial charge in [-0.05, 0) is 66.8 Å². The lowest BCUT2D eigenvalue weighted by molar-refractivity contribution is 0.0712. The fraction of sp³-hybridized carbons (Fsp3) is 0.208. The molecule has 6 nitrogen and oxygen atoms in total. The molecule has 2 aromatic carbocycles. The third-order valence-corrected chi connectivity index (χ3v) is 6.19. The standard InChI is InChI=1S/C24H22Cl2N4O2/c25-20-7-3-17(13-21(20)29-23(31)18-4-8-22(26)28-14-18)24(32)30-11-9-16(10-12-30)15-1-5-19(27)6-2-15/h1-8,13-14,16H,9-12,27H2,(H,29,31). The zero-order valence-electron chi connectivity index (χ0n) is 17.2. The first-order chi connectivity index (χ1) is 15.4. The van der Waals surface area contributed by atoms with Crippen molar-refractivity contribution in [2.75, 3.05) is 24.1 Å². The molecule has 0 bridgehead atoms. The molecule has 2 heterocycles. The Morgan fingerprint density at radius 2 is 1.66 bits per heavy atom. The Morgan fingerprint density at radius 1 is 0.969 bits per heavy atom. The summed E-state index contributed by atoms with van der Waals surface area (Å²) in [5.41, 5.74) is 8.96. The third-order valence-electron chi connectivity index (χ3n) is 5.64. The Kier molecular flexibility index (Phi) is 6.63. The number of piperidine rings is 1. The largest absolute Gasteiger partial charge is 0.399 e. The molecule has 0 saturated carbocycles. The molecule has 0 spiro atoms. The number of pyridine rings is 1. The molecule has 3 N–H and O–H groups in total. The first kappa shape index (κ1) is 22.1. The van der Waals surface area contributed by atoms with Gasteiger partial charge in [0.2, 0.25) is 0 Å². The van der Waals surface area contributed by atoms with Gasteiger partial charge >= 0.3 is 0 Å². The van der Waals surface area contributed by atoms with Crippen molar-refractivity contribution in [3.63, 3.8) is 0 Å². The van der Waals surface area contributed by atoms with Crippen molar-refractivity contribution in [3.8, 4) is 0 Å². The second-order valence-electron chi connectivity index (χ2n) is 7.75. The zero-order chi connectivity index (χ0) is 22.7. The number of hydrogen-bond acceptors (Lipinski definition) is 4. The van der Waals surface area contributed by atoms with Crippen LogP contribution in [0.25, 0.3) is 0 Å². The number of halogens is 2. The molecule has 164 valence electrons. The molecule has 1 saturated heterocycles. The number of nitrogens with one attached hydrogen (secondary N) is 1. The van der Waals surface area contributed by atoms with Gasteiger partial charge in [-0.1, -0.05) is 35.3 Å². The Balaban J connectivity index is 1.42. The summed E-state index contributed by atoms with van der Waals surface area (Å²) in [6.45, 7) is 1.32. The van der Waals surface area contributed by atoms with Crippen LogP contribution in [0.5, 0.6) is 0 Å². The highest BCUT2D eigenvalue weighted by molar-refractivity contribution is 6.34. The highest BCUT2D eigenvalue weighted by atomic mass is 35.5. The lowest BCUT2D eigenvalue weighted by atomic mass is 9.89. The van der Waals surface area contributed by atoms with Gasteiger partial charge < -0.3 is 16.0 Å². The number of rotatable bonds is 4. The molecule has 0 atom stereocenters. The molecule has 1 aliphatic rings. The summed E-state index contributed by atoms with van der Waals surface area (Å²) >= 11 is 12.0. The van der Waals surface area contributed by atoms with E-state index in [1.165, 1.54) is 17.8 Å². The van der Waals surface area contributed by atoms with E-state index in [9.17, 15) is 9.59 Å². The Hall–Kier alpha value is -3.09. The first-order valence-corrected chi connectivity index (χ1v) is 11.0. The quantitative estimate of drug-likeness (QED) is 0.404. The zero-order valence-corrected chi connectivity index (χ0v) is 18.7. The normalized spacial score (nSPS) is 14.2. The summed E-state index contributed by atoms with van der Waals surface area (Å²) in [7, 11) is 0. The number of nitrogens with two attached hydrogens (primary N) is 1. The SMILES string of the molecule is Nc1ccc(C2CCN(C(=O)c3ccc(Cl)c(NC(=O)c4ccc(Cl)nc4)c3)CC2)cc1. The maximum atomic E-state index is 13.1. The van der Waals surface area contributed by atoms with Gasteiger partial charge in [-0.25, -0.2) is 4.98 Å². The lowest BCUT2D eigenvalue weighted by Gasteiger charge is -2.32. The van der Waals surface area contributed by atoms with Crippen molar-refractivity contribution in [1.29, 1.82) is 0 Å². The molecule has 4 rings (SSSR count). The van der Waals surface area contributed by atoms with Crippen LogP contribution in [0.4, 0.5) is 11.4 Å². The first-order valence-electron chi connectivity index (χ1n) is 10.3. The van der Waals surface area contributed by atoms with Gasteiger partial charge in [0, 0.05) is 30.5 Å². The monoisotopic (exact) mass is 468 g/mol. The van der Waals surface area contributed by atoms with Crippen LogP contribution in [0.3, 0.4) is 0 Å². The van der Waals surface area contributed by atoms with E-state index in [2.05, 4.69) is 22.4 Å². The number of hydrogen-bond donors (Lipinski definition) is 2. The maximum absolute atomic E-state index is 13.1. The molecule has 0 aliphatic carbocycles. The Labute approximate surface area is 196 Å². The van der Waals surface area contributed by atoms with Gasteiger partial charge in [0.15, 0.2) is 0 Å². The number of likely N-dealkylation sites (tertiary alicyclic amines) is 1. The van der Waals surface area contributed by atoms with Crippen molar-refractivity contribution in [2.24, 2.45) is 0 Å². The lowest BCUT2D eigenvalue weighted by Crippen LogP contribution is -2.38. The molecule has 2 amide bonds. The van der Waals surface area contributed by atoms with Gasteiger partial charge in [-0.3, -0.25) is 9.59 Å².